The van der Waals surface area contributed by atoms with E-state index in [1.165, 1.54) is 4.68 Å². The number of methoxy groups -OCH3 is 1. The Morgan fingerprint density at radius 2 is 1.69 bits per heavy atom. The fourth-order valence-corrected chi connectivity index (χ4v) is 3.55. The Kier molecular flexibility index (Phi) is 5.47. The minimum Gasteiger partial charge on any atom is -0.497 e. The molecule has 1 heterocycles. The zero-order valence-electron chi connectivity index (χ0n) is 14.1. The number of hydrogen-bond donors (Lipinski definition) is 0. The van der Waals surface area contributed by atoms with Gasteiger partial charge in [0, 0.05) is 0 Å². The largest absolute Gasteiger partial charge is 0.497 e. The minimum atomic E-state index is -3.63. The quantitative estimate of drug-likeness (QED) is 0.556. The number of rotatable bonds is 8. The third-order valence-corrected chi connectivity index (χ3v) is 5.24. The molecule has 3 aromatic rings. The van der Waals surface area contributed by atoms with Gasteiger partial charge in [0.1, 0.15) is 11.5 Å². The summed E-state index contributed by atoms with van der Waals surface area (Å²) in [6, 6.07) is 16.0. The molecule has 0 saturated carbocycles. The number of sulfone groups is 1. The normalized spacial score (nSPS) is 11.3. The van der Waals surface area contributed by atoms with Crippen molar-refractivity contribution in [2.75, 3.05) is 19.5 Å². The van der Waals surface area contributed by atoms with Gasteiger partial charge in [-0.15, -0.1) is 0 Å². The van der Waals surface area contributed by atoms with E-state index in [0.29, 0.717) is 17.9 Å². The lowest BCUT2D eigenvalue weighted by Gasteiger charge is -2.08. The van der Waals surface area contributed by atoms with Gasteiger partial charge in [0.25, 0.3) is 5.16 Å². The predicted molar refractivity (Wildman–Crippen MR) is 94.3 cm³/mol. The third kappa shape index (κ3) is 4.17. The van der Waals surface area contributed by atoms with Crippen molar-refractivity contribution in [2.45, 2.75) is 11.6 Å². The summed E-state index contributed by atoms with van der Waals surface area (Å²) < 4.78 is 36.9. The van der Waals surface area contributed by atoms with Gasteiger partial charge in [-0.25, -0.2) is 8.42 Å². The van der Waals surface area contributed by atoms with Crippen molar-refractivity contribution in [1.82, 2.24) is 20.2 Å². The van der Waals surface area contributed by atoms with Crippen LogP contribution < -0.4 is 9.47 Å². The maximum Gasteiger partial charge on any atom is 0.272 e. The Morgan fingerprint density at radius 1 is 1.00 bits per heavy atom. The Bertz CT molecular complexity index is 940. The molecule has 0 bridgehead atoms. The highest BCUT2D eigenvalue weighted by molar-refractivity contribution is 7.91. The summed E-state index contributed by atoms with van der Waals surface area (Å²) in [4.78, 5) is 0. The lowest BCUT2D eigenvalue weighted by atomic mass is 10.3. The van der Waals surface area contributed by atoms with Gasteiger partial charge in [-0.05, 0) is 53.2 Å². The van der Waals surface area contributed by atoms with Crippen LogP contribution in [0, 0.1) is 0 Å². The van der Waals surface area contributed by atoms with Crippen LogP contribution in [0.2, 0.25) is 0 Å². The maximum atomic E-state index is 12.5. The molecule has 9 heteroatoms. The number of ether oxygens (including phenoxy) is 2. The molecule has 0 aliphatic rings. The van der Waals surface area contributed by atoms with Crippen LogP contribution >= 0.6 is 0 Å². The fraction of sp³-hybridized carbons (Fsp3) is 0.235. The number of nitrogens with zero attached hydrogens (tertiary/aromatic N) is 4. The smallest absolute Gasteiger partial charge is 0.272 e. The van der Waals surface area contributed by atoms with Gasteiger partial charge in [0.15, 0.2) is 0 Å². The van der Waals surface area contributed by atoms with E-state index >= 15 is 0 Å². The van der Waals surface area contributed by atoms with Crippen LogP contribution in [-0.2, 0) is 9.84 Å². The Balaban J connectivity index is 1.60. The summed E-state index contributed by atoms with van der Waals surface area (Å²) >= 11 is 0. The molecule has 0 atom stereocenters. The Hall–Kier alpha value is -2.94. The van der Waals surface area contributed by atoms with Crippen LogP contribution in [0.1, 0.15) is 6.42 Å². The molecule has 0 radical (unpaired) electrons. The van der Waals surface area contributed by atoms with E-state index in [0.717, 1.165) is 5.75 Å². The van der Waals surface area contributed by atoms with Crippen molar-refractivity contribution in [1.29, 1.82) is 0 Å². The lowest BCUT2D eigenvalue weighted by molar-refractivity contribution is 0.316. The zero-order chi connectivity index (χ0) is 18.4. The molecule has 0 fully saturated rings. The molecule has 3 rings (SSSR count). The second-order valence-corrected chi connectivity index (χ2v) is 7.41. The van der Waals surface area contributed by atoms with Gasteiger partial charge in [-0.2, -0.15) is 4.68 Å². The van der Waals surface area contributed by atoms with Gasteiger partial charge in [-0.3, -0.25) is 0 Å². The molecule has 0 unspecified atom stereocenters. The first-order chi connectivity index (χ1) is 12.6. The highest BCUT2D eigenvalue weighted by Gasteiger charge is 2.23. The van der Waals surface area contributed by atoms with Crippen LogP contribution in [-0.4, -0.2) is 48.1 Å². The van der Waals surface area contributed by atoms with Crippen molar-refractivity contribution in [2.24, 2.45) is 0 Å². The molecule has 2 aromatic carbocycles. The predicted octanol–water partition coefficient (Wildman–Crippen LogP) is 1.91. The van der Waals surface area contributed by atoms with Crippen molar-refractivity contribution >= 4 is 9.84 Å². The standard InChI is InChI=1S/C17H18N4O4S/c1-24-15-8-10-16(11-9-15)25-12-5-13-26(22,23)17-18-19-20-21(17)14-6-3-2-4-7-14/h2-4,6-11H,5,12-13H2,1H3. The Morgan fingerprint density at radius 3 is 2.38 bits per heavy atom. The molecule has 0 aliphatic heterocycles. The maximum absolute atomic E-state index is 12.5. The van der Waals surface area contributed by atoms with Gasteiger partial charge in [-0.1, -0.05) is 23.3 Å². The first-order valence-electron chi connectivity index (χ1n) is 7.93. The molecule has 1 aromatic heterocycles. The van der Waals surface area contributed by atoms with Crippen LogP contribution in [0.15, 0.2) is 59.8 Å². The van der Waals surface area contributed by atoms with E-state index in [-0.39, 0.29) is 17.5 Å². The molecular weight excluding hydrogens is 356 g/mol. The number of para-hydroxylation sites is 1. The first-order valence-corrected chi connectivity index (χ1v) is 9.59. The summed E-state index contributed by atoms with van der Waals surface area (Å²) in [5.41, 5.74) is 0.588. The molecule has 0 spiro atoms. The van der Waals surface area contributed by atoms with E-state index in [1.807, 2.05) is 6.07 Å². The van der Waals surface area contributed by atoms with E-state index in [1.54, 1.807) is 55.6 Å². The van der Waals surface area contributed by atoms with E-state index < -0.39 is 9.84 Å². The zero-order valence-corrected chi connectivity index (χ0v) is 15.0. The highest BCUT2D eigenvalue weighted by Crippen LogP contribution is 2.18. The number of benzene rings is 2. The average Bonchev–Trinajstić information content (AvgIpc) is 3.17. The second-order valence-electron chi connectivity index (χ2n) is 5.41. The fourth-order valence-electron chi connectivity index (χ4n) is 2.31. The molecule has 0 saturated heterocycles. The summed E-state index contributed by atoms with van der Waals surface area (Å²) in [6.07, 6.45) is 0.315. The third-order valence-electron chi connectivity index (χ3n) is 3.61. The molecular formula is C17H18N4O4S. The van der Waals surface area contributed by atoms with Crippen LogP contribution in [0.25, 0.3) is 5.69 Å². The Labute approximate surface area is 151 Å². The average molecular weight is 374 g/mol. The SMILES string of the molecule is COc1ccc(OCCCS(=O)(=O)c2nnnn2-c2ccccc2)cc1. The van der Waals surface area contributed by atoms with Crippen molar-refractivity contribution in [3.8, 4) is 17.2 Å². The van der Waals surface area contributed by atoms with Gasteiger partial charge in [0.05, 0.1) is 25.2 Å². The second kappa shape index (κ2) is 7.96. The van der Waals surface area contributed by atoms with Crippen LogP contribution in [0.5, 0.6) is 11.5 Å². The summed E-state index contributed by atoms with van der Waals surface area (Å²) in [5.74, 6) is 1.26. The monoisotopic (exact) mass is 374 g/mol. The summed E-state index contributed by atoms with van der Waals surface area (Å²) in [5, 5.41) is 10.8. The van der Waals surface area contributed by atoms with Crippen LogP contribution in [0.3, 0.4) is 0 Å². The van der Waals surface area contributed by atoms with E-state index in [9.17, 15) is 8.42 Å². The van der Waals surface area contributed by atoms with Crippen molar-refractivity contribution in [3.05, 3.63) is 54.6 Å². The van der Waals surface area contributed by atoms with Gasteiger partial charge in [0.2, 0.25) is 9.84 Å². The number of hydrogen-bond acceptors (Lipinski definition) is 7. The summed E-state index contributed by atoms with van der Waals surface area (Å²) in [6.45, 7) is 0.262. The van der Waals surface area contributed by atoms with Gasteiger partial charge < -0.3 is 9.47 Å². The molecule has 8 nitrogen and oxygen atoms in total. The molecule has 0 N–H and O–H groups in total. The van der Waals surface area contributed by atoms with Gasteiger partial charge >= 0.3 is 0 Å². The van der Waals surface area contributed by atoms with E-state index in [2.05, 4.69) is 15.5 Å². The molecule has 0 amide bonds. The molecule has 136 valence electrons. The highest BCUT2D eigenvalue weighted by atomic mass is 32.2. The molecule has 0 aliphatic carbocycles. The van der Waals surface area contributed by atoms with E-state index in [4.69, 9.17) is 9.47 Å². The number of tetrazole rings is 1. The molecule has 26 heavy (non-hydrogen) atoms. The first kappa shape index (κ1) is 17.9. The lowest BCUT2D eigenvalue weighted by Crippen LogP contribution is -2.16. The summed E-state index contributed by atoms with van der Waals surface area (Å²) in [7, 11) is -2.05. The topological polar surface area (TPSA) is 96.2 Å². The van der Waals surface area contributed by atoms with Crippen molar-refractivity contribution < 1.29 is 17.9 Å². The number of aromatic nitrogens is 4. The van der Waals surface area contributed by atoms with Crippen molar-refractivity contribution in [3.63, 3.8) is 0 Å². The van der Waals surface area contributed by atoms with Crippen LogP contribution in [0.4, 0.5) is 0 Å². The minimum absolute atomic E-state index is 0.115.